The van der Waals surface area contributed by atoms with E-state index in [9.17, 15) is 34.4 Å². The van der Waals surface area contributed by atoms with Gasteiger partial charge in [-0.2, -0.15) is 0 Å². The van der Waals surface area contributed by atoms with E-state index in [2.05, 4.69) is 36.6 Å². The first-order valence-electron chi connectivity index (χ1n) is 22.5. The predicted octanol–water partition coefficient (Wildman–Crippen LogP) is 9.83. The number of carbonyl (C=O) groups is 2. The lowest BCUT2D eigenvalue weighted by molar-refractivity contribution is -0.161. The minimum atomic E-state index is -4.68. The van der Waals surface area contributed by atoms with E-state index in [1.165, 1.54) is 70.6 Å². The van der Waals surface area contributed by atoms with E-state index in [1.54, 1.807) is 36.5 Å². The van der Waals surface area contributed by atoms with Crippen LogP contribution in [-0.4, -0.2) is 88.1 Å². The third-order valence-electron chi connectivity index (χ3n) is 9.33. The van der Waals surface area contributed by atoms with E-state index in [1.807, 2.05) is 6.08 Å². The Balaban J connectivity index is 4.54. The van der Waals surface area contributed by atoms with Gasteiger partial charge in [0.15, 0.2) is 6.10 Å². The third kappa shape index (κ3) is 40.8. The summed E-state index contributed by atoms with van der Waals surface area (Å²) in [6, 6.07) is 0. The smallest absolute Gasteiger partial charge is 0.462 e. The molecule has 0 saturated carbocycles. The summed E-state index contributed by atoms with van der Waals surface area (Å²) >= 11 is 0. The third-order valence-corrected chi connectivity index (χ3v) is 10.3. The Labute approximate surface area is 356 Å². The number of allylic oxidation sites excluding steroid dienone is 7. The molecule has 5 N–H and O–H groups in total. The number of esters is 2. The highest BCUT2D eigenvalue weighted by atomic mass is 31.2. The zero-order chi connectivity index (χ0) is 43.7. The molecule has 0 aliphatic carbocycles. The summed E-state index contributed by atoms with van der Waals surface area (Å²) in [5, 5.41) is 38.6. The van der Waals surface area contributed by atoms with E-state index in [4.69, 9.17) is 19.1 Å². The van der Waals surface area contributed by atoms with Crippen molar-refractivity contribution in [2.75, 3.05) is 26.4 Å². The van der Waals surface area contributed by atoms with Crippen LogP contribution in [0.5, 0.6) is 0 Å². The molecule has 0 saturated heterocycles. The Morgan fingerprint density at radius 1 is 0.576 bits per heavy atom. The molecule has 0 fully saturated rings. The largest absolute Gasteiger partial charge is 0.472 e. The van der Waals surface area contributed by atoms with Gasteiger partial charge in [0.05, 0.1) is 32.0 Å². The van der Waals surface area contributed by atoms with Crippen LogP contribution in [0.25, 0.3) is 0 Å². The molecule has 0 spiro atoms. The van der Waals surface area contributed by atoms with Gasteiger partial charge in [-0.05, 0) is 64.2 Å². The summed E-state index contributed by atoms with van der Waals surface area (Å²) in [5.41, 5.74) is 0. The lowest BCUT2D eigenvalue weighted by atomic mass is 10.1. The molecule has 12 nitrogen and oxygen atoms in total. The van der Waals surface area contributed by atoms with Gasteiger partial charge in [0, 0.05) is 12.8 Å². The fraction of sp³-hybridized carbons (Fsp3) is 0.739. The van der Waals surface area contributed by atoms with Gasteiger partial charge >= 0.3 is 19.8 Å². The van der Waals surface area contributed by atoms with Crippen molar-refractivity contribution in [3.05, 3.63) is 60.8 Å². The molecule has 1 unspecified atom stereocenters. The van der Waals surface area contributed by atoms with Crippen LogP contribution in [0.4, 0.5) is 0 Å². The first-order chi connectivity index (χ1) is 28.5. The molecule has 5 atom stereocenters. The van der Waals surface area contributed by atoms with Crippen LogP contribution in [-0.2, 0) is 32.7 Å². The Hall–Kier alpha value is -2.41. The number of ether oxygens (including phenoxy) is 2. The summed E-state index contributed by atoms with van der Waals surface area (Å²) in [6.45, 7) is 2.03. The highest BCUT2D eigenvalue weighted by molar-refractivity contribution is 7.47. The number of phosphoric ester groups is 1. The highest BCUT2D eigenvalue weighted by Gasteiger charge is 2.27. The molecule has 13 heteroatoms. The highest BCUT2D eigenvalue weighted by Crippen LogP contribution is 2.43. The van der Waals surface area contributed by atoms with Crippen molar-refractivity contribution in [3.63, 3.8) is 0 Å². The van der Waals surface area contributed by atoms with Crippen molar-refractivity contribution in [2.45, 2.75) is 192 Å². The summed E-state index contributed by atoms with van der Waals surface area (Å²) in [6.07, 6.45) is 38.1. The zero-order valence-electron chi connectivity index (χ0n) is 36.4. The lowest BCUT2D eigenvalue weighted by Crippen LogP contribution is -2.30. The second-order valence-electron chi connectivity index (χ2n) is 15.1. The van der Waals surface area contributed by atoms with Crippen molar-refractivity contribution in [3.8, 4) is 0 Å². The quantitative estimate of drug-likeness (QED) is 0.0129. The Morgan fingerprint density at radius 2 is 1.07 bits per heavy atom. The van der Waals surface area contributed by atoms with Crippen molar-refractivity contribution in [1.29, 1.82) is 0 Å². The van der Waals surface area contributed by atoms with Gasteiger partial charge in [-0.25, -0.2) is 4.57 Å². The maximum atomic E-state index is 12.6. The lowest BCUT2D eigenvalue weighted by Gasteiger charge is -2.20. The average Bonchev–Trinajstić information content (AvgIpc) is 3.21. The van der Waals surface area contributed by atoms with E-state index in [0.717, 1.165) is 44.9 Å². The topological polar surface area (TPSA) is 189 Å². The number of aliphatic hydroxyl groups excluding tert-OH is 4. The number of aliphatic hydroxyl groups is 4. The predicted molar refractivity (Wildman–Crippen MR) is 236 cm³/mol. The van der Waals surface area contributed by atoms with Crippen LogP contribution < -0.4 is 0 Å². The molecule has 59 heavy (non-hydrogen) atoms. The summed E-state index contributed by atoms with van der Waals surface area (Å²) in [7, 11) is -4.68. The van der Waals surface area contributed by atoms with Crippen LogP contribution in [0.15, 0.2) is 60.8 Å². The molecular weight excluding hydrogens is 775 g/mol. The molecular formula is C46H81O12P. The molecule has 0 aliphatic heterocycles. The number of carbonyl (C=O) groups excluding carboxylic acids is 2. The molecule has 0 radical (unpaired) electrons. The van der Waals surface area contributed by atoms with Crippen molar-refractivity contribution >= 4 is 19.8 Å². The fourth-order valence-corrected chi connectivity index (χ4v) is 6.56. The van der Waals surface area contributed by atoms with E-state index in [0.29, 0.717) is 25.7 Å². The monoisotopic (exact) mass is 857 g/mol. The first kappa shape index (κ1) is 56.6. The SMILES string of the molecule is CCCCC/C=C\C[C@@H](O)/C=C/C=C/C=C\[C@@H](O)CCCC(=O)OC[C@H](COP(=O)(O)OC[C@@H](O)CO)OC(=O)CCCCCCCCC/C=C\CCCCCCCC. The van der Waals surface area contributed by atoms with E-state index >= 15 is 0 Å². The van der Waals surface area contributed by atoms with Gasteiger partial charge in [0.2, 0.25) is 0 Å². The summed E-state index contributed by atoms with van der Waals surface area (Å²) in [4.78, 5) is 35.0. The Morgan fingerprint density at radius 3 is 1.68 bits per heavy atom. The number of phosphoric acid groups is 1. The molecule has 0 heterocycles. The minimum absolute atomic E-state index is 0.0213. The van der Waals surface area contributed by atoms with Crippen LogP contribution >= 0.6 is 7.82 Å². The van der Waals surface area contributed by atoms with Crippen molar-refractivity contribution in [2.24, 2.45) is 0 Å². The maximum absolute atomic E-state index is 12.6. The Bertz CT molecular complexity index is 1200. The van der Waals surface area contributed by atoms with Crippen molar-refractivity contribution < 1.29 is 58.0 Å². The molecule has 0 aromatic rings. The molecule has 0 bridgehead atoms. The molecule has 0 amide bonds. The van der Waals surface area contributed by atoms with Gasteiger partial charge in [0.1, 0.15) is 12.7 Å². The number of rotatable bonds is 41. The van der Waals surface area contributed by atoms with E-state index < -0.39 is 70.6 Å². The second-order valence-corrected chi connectivity index (χ2v) is 16.6. The average molecular weight is 857 g/mol. The zero-order valence-corrected chi connectivity index (χ0v) is 37.3. The van der Waals surface area contributed by atoms with Crippen LogP contribution in [0.2, 0.25) is 0 Å². The number of hydrogen-bond acceptors (Lipinski definition) is 11. The molecule has 0 aliphatic rings. The summed E-state index contributed by atoms with van der Waals surface area (Å²) in [5.74, 6) is -1.17. The minimum Gasteiger partial charge on any atom is -0.462 e. The maximum Gasteiger partial charge on any atom is 0.472 e. The van der Waals surface area contributed by atoms with Crippen LogP contribution in [0.1, 0.15) is 168 Å². The molecule has 342 valence electrons. The Kier molecular flexibility index (Phi) is 39.3. The van der Waals surface area contributed by atoms with Gasteiger partial charge in [-0.3, -0.25) is 18.6 Å². The van der Waals surface area contributed by atoms with E-state index in [-0.39, 0.29) is 12.8 Å². The second kappa shape index (κ2) is 41.0. The molecule has 0 aromatic heterocycles. The van der Waals surface area contributed by atoms with Gasteiger partial charge in [-0.1, -0.05) is 152 Å². The van der Waals surface area contributed by atoms with Gasteiger partial charge in [-0.15, -0.1) is 0 Å². The van der Waals surface area contributed by atoms with Gasteiger partial charge in [0.25, 0.3) is 0 Å². The fourth-order valence-electron chi connectivity index (χ4n) is 5.77. The molecule has 0 rings (SSSR count). The first-order valence-corrected chi connectivity index (χ1v) is 24.0. The number of unbranched alkanes of at least 4 members (excludes halogenated alkanes) is 16. The van der Waals surface area contributed by atoms with Crippen LogP contribution in [0, 0.1) is 0 Å². The standard InChI is InChI=1S/C46H81O12P/c1-3-5-7-9-11-12-13-14-15-16-17-18-19-20-21-23-29-35-46(52)58-44(40-57-59(53,54)56-38-43(50)37-47)39-55-45(51)36-30-34-42(49)33-28-25-24-27-32-41(48)31-26-22-10-8-6-4-2/h14-15,22,24-28,32-33,41-44,47-50H,3-13,16-21,23,29-31,34-40H2,1-2H3,(H,53,54)/b15-14-,25-24+,26-22-,32-27+,33-28-/t41-,42-,43+,44-/m1/s1. The number of hydrogen-bond donors (Lipinski definition) is 5. The van der Waals surface area contributed by atoms with Crippen molar-refractivity contribution in [1.82, 2.24) is 0 Å². The van der Waals surface area contributed by atoms with Crippen LogP contribution in [0.3, 0.4) is 0 Å². The van der Waals surface area contributed by atoms with Gasteiger partial charge < -0.3 is 34.8 Å². The summed E-state index contributed by atoms with van der Waals surface area (Å²) < 4.78 is 32.6. The molecule has 0 aromatic carbocycles. The normalized spacial score (nSPS) is 15.4.